The third-order valence-corrected chi connectivity index (χ3v) is 11.9. The summed E-state index contributed by atoms with van der Waals surface area (Å²) < 4.78 is 34.2. The smallest absolute Gasteiger partial charge is 0.238 e. The first-order chi connectivity index (χ1) is 28.6. The van der Waals surface area contributed by atoms with E-state index >= 15 is 4.39 Å². The second-order valence-electron chi connectivity index (χ2n) is 15.3. The number of benzene rings is 5. The molecule has 0 N–H and O–H groups in total. The molecular weight excluding hydrogens is 721 g/mol. The van der Waals surface area contributed by atoms with Crippen LogP contribution in [0.2, 0.25) is 0 Å². The minimum absolute atomic E-state index is 0.282. The molecule has 280 valence electrons. The lowest BCUT2D eigenvalue weighted by Crippen LogP contribution is -2.17. The lowest BCUT2D eigenvalue weighted by Gasteiger charge is -2.25. The number of hydrogen-bond donors (Lipinski definition) is 0. The largest absolute Gasteiger partial charge is 0.307 e. The van der Waals surface area contributed by atoms with E-state index in [1.165, 1.54) is 17.7 Å². The average Bonchev–Trinajstić information content (AvgIpc) is 3.80. The van der Waals surface area contributed by atoms with Gasteiger partial charge in [-0.3, -0.25) is 4.57 Å². The summed E-state index contributed by atoms with van der Waals surface area (Å²) >= 11 is 0. The molecule has 0 aliphatic heterocycles. The highest BCUT2D eigenvalue weighted by molar-refractivity contribution is 6.19. The van der Waals surface area contributed by atoms with Gasteiger partial charge in [-0.1, -0.05) is 127 Å². The summed E-state index contributed by atoms with van der Waals surface area (Å²) in [4.78, 5) is 15.6. The minimum Gasteiger partial charge on any atom is -0.307 e. The van der Waals surface area contributed by atoms with Crippen LogP contribution in [0.5, 0.6) is 0 Å². The predicted molar refractivity (Wildman–Crippen MR) is 231 cm³/mol. The van der Waals surface area contributed by atoms with Crippen molar-refractivity contribution >= 4 is 44.4 Å². The predicted octanol–water partition coefficient (Wildman–Crippen LogP) is 12.6. The highest BCUT2D eigenvalue weighted by atomic mass is 19.2. The van der Waals surface area contributed by atoms with Crippen molar-refractivity contribution < 1.29 is 8.78 Å². The molecule has 0 radical (unpaired) electrons. The van der Waals surface area contributed by atoms with Gasteiger partial charge < -0.3 is 4.57 Å². The Morgan fingerprint density at radius 3 is 2.14 bits per heavy atom. The van der Waals surface area contributed by atoms with Crippen LogP contribution in [0.1, 0.15) is 36.3 Å². The molecule has 2 atom stereocenters. The molecule has 2 unspecified atom stereocenters. The normalized spacial score (nSPS) is 17.4. The van der Waals surface area contributed by atoms with Crippen molar-refractivity contribution in [2.45, 2.75) is 25.7 Å². The highest BCUT2D eigenvalue weighted by Crippen LogP contribution is 2.45. The average molecular weight is 758 g/mol. The Kier molecular flexibility index (Phi) is 8.21. The van der Waals surface area contributed by atoms with Gasteiger partial charge in [0.25, 0.3) is 0 Å². The minimum atomic E-state index is -0.895. The number of allylic oxidation sites excluding steroid dienone is 9. The molecule has 5 nitrogen and oxygen atoms in total. The van der Waals surface area contributed by atoms with Gasteiger partial charge >= 0.3 is 0 Å². The first-order valence-electron chi connectivity index (χ1n) is 19.9. The van der Waals surface area contributed by atoms with E-state index in [0.717, 1.165) is 86.3 Å². The zero-order chi connectivity index (χ0) is 38.7. The maximum absolute atomic E-state index is 15.3. The van der Waals surface area contributed by atoms with Gasteiger partial charge in [0.2, 0.25) is 5.95 Å². The van der Waals surface area contributed by atoms with Crippen molar-refractivity contribution in [2.24, 2.45) is 11.8 Å². The molecule has 5 aromatic carbocycles. The molecule has 0 saturated carbocycles. The molecule has 3 aliphatic rings. The fraction of sp³-hybridized carbons (Fsp3) is 0.118. The molecule has 3 aromatic heterocycles. The Morgan fingerprint density at radius 1 is 0.569 bits per heavy atom. The van der Waals surface area contributed by atoms with Crippen molar-refractivity contribution in [3.8, 4) is 34.2 Å². The van der Waals surface area contributed by atoms with Crippen LogP contribution < -0.4 is 0 Å². The van der Waals surface area contributed by atoms with Crippen molar-refractivity contribution in [1.29, 1.82) is 0 Å². The third-order valence-electron chi connectivity index (χ3n) is 11.9. The summed E-state index contributed by atoms with van der Waals surface area (Å²) in [6.07, 6.45) is 23.3. The molecule has 0 saturated heterocycles. The van der Waals surface area contributed by atoms with Crippen LogP contribution >= 0.6 is 0 Å². The van der Waals surface area contributed by atoms with E-state index < -0.39 is 11.6 Å². The third kappa shape index (κ3) is 5.68. The standard InChI is InChI=1S/C51H37F2N5/c52-43-26-23-38(31-44(43)53)57-45-27-21-36(32-13-5-1-6-14-32)29-41(45)39-24-25-40-42-30-37(33-15-7-2-8-16-33)22-28-46(42)58(48(40)47(39)57)51-55-49(34-17-9-3-10-18-34)54-50(56-51)35-19-11-4-12-20-35/h1-3,5-11,13,15-28,30-32,36H,4,12,14,29H2. The van der Waals surface area contributed by atoms with E-state index in [4.69, 9.17) is 15.0 Å². The molecule has 7 heteroatoms. The molecule has 0 fully saturated rings. The van der Waals surface area contributed by atoms with Gasteiger partial charge in [-0.05, 0) is 84.6 Å². The van der Waals surface area contributed by atoms with Crippen molar-refractivity contribution in [2.75, 3.05) is 0 Å². The van der Waals surface area contributed by atoms with Gasteiger partial charge in [0.05, 0.1) is 16.6 Å². The molecule has 3 heterocycles. The quantitative estimate of drug-likeness (QED) is 0.170. The lowest BCUT2D eigenvalue weighted by atomic mass is 9.79. The lowest BCUT2D eigenvalue weighted by molar-refractivity contribution is 0.472. The number of aromatic nitrogens is 5. The van der Waals surface area contributed by atoms with E-state index in [1.54, 1.807) is 6.07 Å². The molecule has 0 spiro atoms. The van der Waals surface area contributed by atoms with Gasteiger partial charge in [0.1, 0.15) is 0 Å². The first kappa shape index (κ1) is 34.3. The number of fused-ring (bicyclic) bond motifs is 7. The Hall–Kier alpha value is -6.99. The Balaban J connectivity index is 1.26. The van der Waals surface area contributed by atoms with Crippen molar-refractivity contribution in [3.05, 3.63) is 187 Å². The molecule has 0 bridgehead atoms. The summed E-state index contributed by atoms with van der Waals surface area (Å²) in [7, 11) is 0. The zero-order valence-electron chi connectivity index (χ0n) is 31.6. The molecule has 8 aromatic rings. The Labute approximate surface area is 334 Å². The summed E-state index contributed by atoms with van der Waals surface area (Å²) in [5.74, 6) is 0.514. The van der Waals surface area contributed by atoms with E-state index in [1.807, 2.05) is 36.4 Å². The molecule has 3 aliphatic carbocycles. The summed E-state index contributed by atoms with van der Waals surface area (Å²) in [5, 5.41) is 3.08. The molecule has 58 heavy (non-hydrogen) atoms. The van der Waals surface area contributed by atoms with Crippen molar-refractivity contribution in [3.63, 3.8) is 0 Å². The molecule has 11 rings (SSSR count). The topological polar surface area (TPSA) is 48.5 Å². The fourth-order valence-corrected chi connectivity index (χ4v) is 9.07. The first-order valence-corrected chi connectivity index (χ1v) is 19.9. The maximum atomic E-state index is 15.3. The zero-order valence-corrected chi connectivity index (χ0v) is 31.6. The van der Waals surface area contributed by atoms with E-state index in [2.05, 4.69) is 118 Å². The maximum Gasteiger partial charge on any atom is 0.238 e. The van der Waals surface area contributed by atoms with E-state index in [0.29, 0.717) is 29.2 Å². The number of hydrogen-bond acceptors (Lipinski definition) is 3. The summed E-state index contributed by atoms with van der Waals surface area (Å²) in [6.45, 7) is 0. The van der Waals surface area contributed by atoms with Gasteiger partial charge in [-0.25, -0.2) is 13.8 Å². The van der Waals surface area contributed by atoms with Crippen LogP contribution in [-0.4, -0.2) is 24.1 Å². The number of halogens is 2. The van der Waals surface area contributed by atoms with Crippen LogP contribution in [0.4, 0.5) is 8.78 Å². The van der Waals surface area contributed by atoms with Gasteiger partial charge in [0.15, 0.2) is 23.3 Å². The van der Waals surface area contributed by atoms with Crippen LogP contribution in [-0.2, 0) is 6.42 Å². The van der Waals surface area contributed by atoms with Gasteiger partial charge in [0, 0.05) is 44.7 Å². The van der Waals surface area contributed by atoms with Gasteiger partial charge in [-0.2, -0.15) is 9.97 Å². The van der Waals surface area contributed by atoms with E-state index in [-0.39, 0.29) is 5.92 Å². The monoisotopic (exact) mass is 757 g/mol. The molecule has 0 amide bonds. The Morgan fingerprint density at radius 2 is 1.36 bits per heavy atom. The summed E-state index contributed by atoms with van der Waals surface area (Å²) in [5.41, 5.74) is 9.40. The fourth-order valence-electron chi connectivity index (χ4n) is 9.07. The van der Waals surface area contributed by atoms with Crippen LogP contribution in [0, 0.1) is 23.5 Å². The van der Waals surface area contributed by atoms with Crippen LogP contribution in [0.15, 0.2) is 158 Å². The van der Waals surface area contributed by atoms with Gasteiger partial charge in [-0.15, -0.1) is 0 Å². The summed E-state index contributed by atoms with van der Waals surface area (Å²) in [6, 6.07) is 35.5. The molecular formula is C51H37F2N5. The highest BCUT2D eigenvalue weighted by Gasteiger charge is 2.30. The second-order valence-corrected chi connectivity index (χ2v) is 15.3. The second kappa shape index (κ2) is 13.9. The SMILES string of the molecule is Fc1ccc(-n2c3c(c4ccc5c6cc(-c7ccccc7)ccc6n(-c6nc(C7=CCCC=C7)nc(-c7ccccc7)n6)c5c42)CC(C2C=CC=CC2)C=C3)cc1F. The number of rotatable bonds is 6. The van der Waals surface area contributed by atoms with E-state index in [9.17, 15) is 4.39 Å². The van der Waals surface area contributed by atoms with Crippen LogP contribution in [0.25, 0.3) is 78.5 Å². The van der Waals surface area contributed by atoms with Crippen molar-refractivity contribution in [1.82, 2.24) is 24.1 Å². The Bertz CT molecular complexity index is 3090. The van der Waals surface area contributed by atoms with Crippen LogP contribution in [0.3, 0.4) is 0 Å². The number of nitrogens with zero attached hydrogens (tertiary/aromatic N) is 5.